The van der Waals surface area contributed by atoms with Gasteiger partial charge in [-0.3, -0.25) is 15.0 Å². The standard InChI is InChI=1S/C5H6N2O2/c1-6-3-2-5(4-6)7(8)9/h2H,3H2,1H3. The maximum atomic E-state index is 10.00. The molecule has 0 unspecified atom stereocenters. The lowest BCUT2D eigenvalue weighted by atomic mass is 10.5. The molecule has 48 valence electrons. The van der Waals surface area contributed by atoms with Crippen LogP contribution in [0.5, 0.6) is 0 Å². The molecule has 0 aromatic heterocycles. The molecular formula is C5H6N2O2. The van der Waals surface area contributed by atoms with Gasteiger partial charge < -0.3 is 0 Å². The zero-order valence-electron chi connectivity index (χ0n) is 5.00. The van der Waals surface area contributed by atoms with E-state index in [0.29, 0.717) is 6.54 Å². The van der Waals surface area contributed by atoms with Gasteiger partial charge in [0.1, 0.15) is 0 Å². The summed E-state index contributed by atoms with van der Waals surface area (Å²) < 4.78 is 0. The lowest BCUT2D eigenvalue weighted by Crippen LogP contribution is -2.10. The van der Waals surface area contributed by atoms with E-state index in [-0.39, 0.29) is 5.70 Å². The summed E-state index contributed by atoms with van der Waals surface area (Å²) in [4.78, 5) is 11.2. The molecule has 0 aromatic carbocycles. The average Bonchev–Trinajstić information content (AvgIpc) is 2.14. The molecule has 2 radical (unpaired) electrons. The quantitative estimate of drug-likeness (QED) is 0.370. The van der Waals surface area contributed by atoms with E-state index in [0.717, 1.165) is 0 Å². The smallest absolute Gasteiger partial charge is 0.268 e. The van der Waals surface area contributed by atoms with E-state index in [9.17, 15) is 10.1 Å². The molecule has 0 fully saturated rings. The maximum Gasteiger partial charge on any atom is 0.268 e. The molecule has 0 amide bonds. The van der Waals surface area contributed by atoms with Gasteiger partial charge in [0.25, 0.3) is 5.70 Å². The lowest BCUT2D eigenvalue weighted by molar-refractivity contribution is -0.422. The van der Waals surface area contributed by atoms with Crippen molar-refractivity contribution in [2.75, 3.05) is 13.6 Å². The Bertz CT molecular complexity index is 164. The summed E-state index contributed by atoms with van der Waals surface area (Å²) in [7, 11) is 1.74. The van der Waals surface area contributed by atoms with Crippen LogP contribution in [0.4, 0.5) is 0 Å². The molecule has 1 aliphatic rings. The first-order valence-electron chi connectivity index (χ1n) is 2.52. The van der Waals surface area contributed by atoms with Gasteiger partial charge in [0.05, 0.1) is 4.92 Å². The molecule has 1 aliphatic heterocycles. The summed E-state index contributed by atoms with van der Waals surface area (Å²) in [6, 6.07) is 0. The summed E-state index contributed by atoms with van der Waals surface area (Å²) in [5, 5.41) is 10.00. The van der Waals surface area contributed by atoms with Crippen molar-refractivity contribution in [1.29, 1.82) is 0 Å². The third kappa shape index (κ3) is 1.26. The highest BCUT2D eigenvalue weighted by atomic mass is 16.6. The minimum atomic E-state index is -0.441. The average molecular weight is 126 g/mol. The number of nitrogens with zero attached hydrogens (tertiary/aromatic N) is 2. The van der Waals surface area contributed by atoms with Gasteiger partial charge in [0, 0.05) is 12.6 Å². The summed E-state index contributed by atoms with van der Waals surface area (Å²) in [6.45, 7) is 3.14. The van der Waals surface area contributed by atoms with Crippen LogP contribution >= 0.6 is 0 Å². The van der Waals surface area contributed by atoms with Crippen LogP contribution in [0.25, 0.3) is 0 Å². The molecule has 1 heterocycles. The highest BCUT2D eigenvalue weighted by Gasteiger charge is 2.20. The Kier molecular flexibility index (Phi) is 1.48. The van der Waals surface area contributed by atoms with Crippen molar-refractivity contribution in [2.45, 2.75) is 0 Å². The zero-order chi connectivity index (χ0) is 6.85. The van der Waals surface area contributed by atoms with Crippen LogP contribution in [0.2, 0.25) is 0 Å². The third-order valence-corrected chi connectivity index (χ3v) is 1.06. The highest BCUT2D eigenvalue weighted by Crippen LogP contribution is 2.10. The Morgan fingerprint density at radius 3 is 2.89 bits per heavy atom. The van der Waals surface area contributed by atoms with E-state index in [1.54, 1.807) is 11.9 Å². The molecule has 4 nitrogen and oxygen atoms in total. The van der Waals surface area contributed by atoms with Gasteiger partial charge >= 0.3 is 0 Å². The van der Waals surface area contributed by atoms with E-state index in [1.807, 2.05) is 0 Å². The largest absolute Gasteiger partial charge is 0.283 e. The Morgan fingerprint density at radius 1 is 2.00 bits per heavy atom. The van der Waals surface area contributed by atoms with E-state index >= 15 is 0 Å². The Balaban J connectivity index is 2.55. The molecule has 0 N–H and O–H groups in total. The second kappa shape index (κ2) is 2.14. The second-order valence-corrected chi connectivity index (χ2v) is 1.84. The molecule has 0 aliphatic carbocycles. The fourth-order valence-electron chi connectivity index (χ4n) is 0.626. The van der Waals surface area contributed by atoms with Gasteiger partial charge in [-0.05, 0) is 7.05 Å². The normalized spacial score (nSPS) is 19.9. The predicted molar refractivity (Wildman–Crippen MR) is 31.0 cm³/mol. The van der Waals surface area contributed by atoms with Gasteiger partial charge in [-0.15, -0.1) is 0 Å². The first-order valence-corrected chi connectivity index (χ1v) is 2.52. The Morgan fingerprint density at radius 2 is 2.67 bits per heavy atom. The minimum absolute atomic E-state index is 0.0671. The van der Waals surface area contributed by atoms with Crippen LogP contribution in [0.1, 0.15) is 0 Å². The van der Waals surface area contributed by atoms with Crippen LogP contribution in [0.3, 0.4) is 0 Å². The molecule has 0 spiro atoms. The van der Waals surface area contributed by atoms with Crippen molar-refractivity contribution in [3.63, 3.8) is 0 Å². The first-order chi connectivity index (χ1) is 4.20. The van der Waals surface area contributed by atoms with Gasteiger partial charge in [-0.2, -0.15) is 0 Å². The Hall–Kier alpha value is -0.900. The van der Waals surface area contributed by atoms with Gasteiger partial charge in [-0.25, -0.2) is 0 Å². The van der Waals surface area contributed by atoms with Gasteiger partial charge in [0.2, 0.25) is 0 Å². The molecular weight excluding hydrogens is 120 g/mol. The number of likely N-dealkylation sites (N-methyl/N-ethyl adjacent to an activating group) is 1. The lowest BCUT2D eigenvalue weighted by Gasteiger charge is -1.99. The SMILES string of the molecule is CN1[C]C([N+](=O)[O-])=CC1. The van der Waals surface area contributed by atoms with E-state index < -0.39 is 4.92 Å². The number of rotatable bonds is 1. The third-order valence-electron chi connectivity index (χ3n) is 1.06. The second-order valence-electron chi connectivity index (χ2n) is 1.84. The van der Waals surface area contributed by atoms with Crippen molar-refractivity contribution >= 4 is 0 Å². The summed E-state index contributed by atoms with van der Waals surface area (Å²) in [5.74, 6) is 0. The molecule has 4 heteroatoms. The van der Waals surface area contributed by atoms with Gasteiger partial charge in [-0.1, -0.05) is 0 Å². The summed E-state index contributed by atoms with van der Waals surface area (Å²) in [6.07, 6.45) is 1.53. The fraction of sp³-hybridized carbons (Fsp3) is 0.400. The zero-order valence-corrected chi connectivity index (χ0v) is 5.00. The molecule has 1 rings (SSSR count). The first kappa shape index (κ1) is 6.22. The number of hydrogen-bond acceptors (Lipinski definition) is 3. The van der Waals surface area contributed by atoms with E-state index in [2.05, 4.69) is 6.54 Å². The Labute approximate surface area is 52.9 Å². The molecule has 9 heavy (non-hydrogen) atoms. The van der Waals surface area contributed by atoms with E-state index in [4.69, 9.17) is 0 Å². The van der Waals surface area contributed by atoms with Crippen LogP contribution in [-0.4, -0.2) is 23.4 Å². The summed E-state index contributed by atoms with van der Waals surface area (Å²) >= 11 is 0. The molecule has 0 bridgehead atoms. The van der Waals surface area contributed by atoms with Crippen LogP contribution < -0.4 is 0 Å². The van der Waals surface area contributed by atoms with Crippen LogP contribution in [-0.2, 0) is 0 Å². The van der Waals surface area contributed by atoms with Crippen molar-refractivity contribution in [3.05, 3.63) is 28.4 Å². The summed E-state index contributed by atoms with van der Waals surface area (Å²) in [5.41, 5.74) is 0.0671. The van der Waals surface area contributed by atoms with Crippen LogP contribution in [0.15, 0.2) is 11.8 Å². The maximum absolute atomic E-state index is 10.00. The predicted octanol–water partition coefficient (Wildman–Crippen LogP) is 0.131. The highest BCUT2D eigenvalue weighted by molar-refractivity contribution is 5.11. The van der Waals surface area contributed by atoms with Gasteiger partial charge in [0.15, 0.2) is 6.54 Å². The molecule has 0 atom stereocenters. The van der Waals surface area contributed by atoms with Crippen molar-refractivity contribution in [2.24, 2.45) is 0 Å². The monoisotopic (exact) mass is 126 g/mol. The fourth-order valence-corrected chi connectivity index (χ4v) is 0.626. The topological polar surface area (TPSA) is 46.4 Å². The number of nitro groups is 1. The number of hydrogen-bond donors (Lipinski definition) is 0. The molecule has 0 saturated heterocycles. The minimum Gasteiger partial charge on any atom is -0.283 e. The molecule has 0 aromatic rings. The van der Waals surface area contributed by atoms with E-state index in [1.165, 1.54) is 6.08 Å². The molecule has 0 saturated carbocycles. The van der Waals surface area contributed by atoms with Crippen molar-refractivity contribution in [1.82, 2.24) is 4.90 Å². The van der Waals surface area contributed by atoms with Crippen molar-refractivity contribution < 1.29 is 4.92 Å². The van der Waals surface area contributed by atoms with Crippen LogP contribution in [0, 0.1) is 16.7 Å². The van der Waals surface area contributed by atoms with Crippen molar-refractivity contribution in [3.8, 4) is 0 Å².